The fourth-order valence-corrected chi connectivity index (χ4v) is 1.15. The molecule has 0 saturated heterocycles. The first-order valence-electron chi connectivity index (χ1n) is 2.51. The monoisotopic (exact) mass is 203 g/mol. The van der Waals surface area contributed by atoms with Gasteiger partial charge in [-0.05, 0) is 15.9 Å². The Hall–Kier alpha value is -0.840. The van der Waals surface area contributed by atoms with E-state index in [-0.39, 0.29) is 5.69 Å². The minimum absolute atomic E-state index is 0.0556. The molecule has 0 spiro atoms. The summed E-state index contributed by atoms with van der Waals surface area (Å²) in [6.07, 6.45) is 1.41. The lowest BCUT2D eigenvalue weighted by atomic mass is 10.4. The van der Waals surface area contributed by atoms with Gasteiger partial charge in [0.15, 0.2) is 0 Å². The summed E-state index contributed by atoms with van der Waals surface area (Å²) in [5.74, 6) is -1.23. The minimum atomic E-state index is -1.23. The molecule has 5 heteroatoms. The van der Waals surface area contributed by atoms with Gasteiger partial charge in [0.1, 0.15) is 0 Å². The summed E-state index contributed by atoms with van der Waals surface area (Å²) in [6, 6.07) is 0. The van der Waals surface area contributed by atoms with Crippen LogP contribution in [0.2, 0.25) is 0 Å². The second-order valence-electron chi connectivity index (χ2n) is 1.75. The van der Waals surface area contributed by atoms with Gasteiger partial charge >= 0.3 is 0 Å². The first-order valence-corrected chi connectivity index (χ1v) is 3.31. The van der Waals surface area contributed by atoms with Crippen LogP contribution in [0.5, 0.6) is 0 Å². The molecule has 0 bridgehead atoms. The van der Waals surface area contributed by atoms with E-state index >= 15 is 0 Å². The van der Waals surface area contributed by atoms with E-state index in [0.717, 1.165) is 0 Å². The maximum absolute atomic E-state index is 10.3. The molecule has 0 amide bonds. The molecule has 0 atom stereocenters. The molecule has 0 aliphatic heterocycles. The van der Waals surface area contributed by atoms with E-state index in [2.05, 4.69) is 21.0 Å². The normalized spacial score (nSPS) is 9.80. The molecule has 1 aromatic heterocycles. The van der Waals surface area contributed by atoms with Gasteiger partial charge in [0.25, 0.3) is 0 Å². The van der Waals surface area contributed by atoms with Crippen molar-refractivity contribution < 1.29 is 9.90 Å². The van der Waals surface area contributed by atoms with Crippen molar-refractivity contribution >= 4 is 21.9 Å². The SMILES string of the molecule is Cn1ncc(Br)c1C(=O)[O-]. The molecule has 0 aliphatic carbocycles. The number of rotatable bonds is 1. The molecule has 1 heterocycles. The molecule has 0 aliphatic rings. The highest BCUT2D eigenvalue weighted by atomic mass is 79.9. The third-order valence-corrected chi connectivity index (χ3v) is 1.67. The smallest absolute Gasteiger partial charge is 0.0975 e. The van der Waals surface area contributed by atoms with Crippen molar-refractivity contribution in [2.45, 2.75) is 0 Å². The van der Waals surface area contributed by atoms with Crippen LogP contribution in [0.15, 0.2) is 10.7 Å². The van der Waals surface area contributed by atoms with E-state index in [9.17, 15) is 9.90 Å². The predicted octanol–water partition coefficient (Wildman–Crippen LogP) is -0.454. The van der Waals surface area contributed by atoms with Crippen LogP contribution < -0.4 is 5.11 Å². The molecular weight excluding hydrogens is 200 g/mol. The van der Waals surface area contributed by atoms with Crippen LogP contribution in [0.3, 0.4) is 0 Å². The van der Waals surface area contributed by atoms with E-state index in [1.54, 1.807) is 0 Å². The Morgan fingerprint density at radius 3 is 2.70 bits per heavy atom. The maximum atomic E-state index is 10.3. The van der Waals surface area contributed by atoms with Gasteiger partial charge in [0, 0.05) is 7.05 Å². The number of nitrogens with zero attached hydrogens (tertiary/aromatic N) is 2. The lowest BCUT2D eigenvalue weighted by molar-refractivity contribution is -0.255. The van der Waals surface area contributed by atoms with Crippen LogP contribution in [-0.2, 0) is 7.05 Å². The molecule has 0 unspecified atom stereocenters. The number of carboxylic acids is 1. The van der Waals surface area contributed by atoms with Crippen LogP contribution in [-0.4, -0.2) is 15.7 Å². The second-order valence-corrected chi connectivity index (χ2v) is 2.61. The number of aromatic nitrogens is 2. The average molecular weight is 204 g/mol. The Morgan fingerprint density at radius 2 is 2.50 bits per heavy atom. The Labute approximate surface area is 65.6 Å². The lowest BCUT2D eigenvalue weighted by Crippen LogP contribution is -2.25. The number of carbonyl (C=O) groups excluding carboxylic acids is 1. The van der Waals surface area contributed by atoms with E-state index in [0.29, 0.717) is 4.47 Å². The Balaban J connectivity index is 3.23. The fourth-order valence-electron chi connectivity index (χ4n) is 0.640. The van der Waals surface area contributed by atoms with Gasteiger partial charge in [-0.15, -0.1) is 0 Å². The molecule has 4 nitrogen and oxygen atoms in total. The molecule has 0 aromatic carbocycles. The number of hydrogen-bond donors (Lipinski definition) is 0. The largest absolute Gasteiger partial charge is 0.543 e. The molecule has 0 N–H and O–H groups in total. The zero-order valence-electron chi connectivity index (χ0n) is 5.17. The van der Waals surface area contributed by atoms with Gasteiger partial charge in [-0.25, -0.2) is 0 Å². The maximum Gasteiger partial charge on any atom is 0.0975 e. The summed E-state index contributed by atoms with van der Waals surface area (Å²) >= 11 is 3.01. The van der Waals surface area contributed by atoms with Crippen LogP contribution in [0, 0.1) is 0 Å². The zero-order valence-corrected chi connectivity index (χ0v) is 6.75. The fraction of sp³-hybridized carbons (Fsp3) is 0.200. The van der Waals surface area contributed by atoms with Crippen molar-refractivity contribution in [1.29, 1.82) is 0 Å². The highest BCUT2D eigenvalue weighted by molar-refractivity contribution is 9.10. The average Bonchev–Trinajstić information content (AvgIpc) is 2.11. The molecule has 1 rings (SSSR count). The van der Waals surface area contributed by atoms with E-state index in [1.807, 2.05) is 0 Å². The molecular formula is C5H4BrN2O2-. The summed E-state index contributed by atoms with van der Waals surface area (Å²) < 4.78 is 1.68. The predicted molar refractivity (Wildman–Crippen MR) is 35.2 cm³/mol. The number of aryl methyl sites for hydroxylation is 1. The van der Waals surface area contributed by atoms with Crippen molar-refractivity contribution in [2.75, 3.05) is 0 Å². The van der Waals surface area contributed by atoms with Crippen molar-refractivity contribution in [1.82, 2.24) is 9.78 Å². The third kappa shape index (κ3) is 1.04. The van der Waals surface area contributed by atoms with Crippen LogP contribution >= 0.6 is 15.9 Å². The minimum Gasteiger partial charge on any atom is -0.543 e. The first kappa shape index (κ1) is 7.27. The summed E-state index contributed by atoms with van der Waals surface area (Å²) in [7, 11) is 1.54. The van der Waals surface area contributed by atoms with Gasteiger partial charge in [-0.3, -0.25) is 4.68 Å². The van der Waals surface area contributed by atoms with Gasteiger partial charge < -0.3 is 9.90 Å². The zero-order chi connectivity index (χ0) is 7.72. The summed E-state index contributed by atoms with van der Waals surface area (Å²) in [6.45, 7) is 0. The standard InChI is InChI=1S/C5H5BrN2O2/c1-8-4(5(9)10)3(6)2-7-8/h2H,1H3,(H,9,10)/p-1. The Bertz CT molecular complexity index is 249. The summed E-state index contributed by atoms with van der Waals surface area (Å²) in [5, 5.41) is 14.0. The topological polar surface area (TPSA) is 58.0 Å². The summed E-state index contributed by atoms with van der Waals surface area (Å²) in [5.41, 5.74) is 0.0556. The molecule has 0 fully saturated rings. The van der Waals surface area contributed by atoms with Gasteiger partial charge in [-0.1, -0.05) is 0 Å². The highest BCUT2D eigenvalue weighted by Gasteiger charge is 2.04. The molecule has 54 valence electrons. The quantitative estimate of drug-likeness (QED) is 0.622. The second kappa shape index (κ2) is 2.42. The van der Waals surface area contributed by atoms with Gasteiger partial charge in [-0.2, -0.15) is 5.10 Å². The third-order valence-electron chi connectivity index (χ3n) is 1.09. The van der Waals surface area contributed by atoms with Crippen LogP contribution in [0.4, 0.5) is 0 Å². The molecule has 10 heavy (non-hydrogen) atoms. The number of carboxylic acid groups (broad SMARTS) is 1. The number of hydrogen-bond acceptors (Lipinski definition) is 3. The van der Waals surface area contributed by atoms with E-state index in [1.165, 1.54) is 17.9 Å². The first-order chi connectivity index (χ1) is 4.63. The molecule has 1 aromatic rings. The lowest BCUT2D eigenvalue weighted by Gasteiger charge is -2.01. The molecule has 0 saturated carbocycles. The summed E-state index contributed by atoms with van der Waals surface area (Å²) in [4.78, 5) is 10.3. The highest BCUT2D eigenvalue weighted by Crippen LogP contribution is 2.13. The van der Waals surface area contributed by atoms with Crippen molar-refractivity contribution in [2.24, 2.45) is 7.05 Å². The van der Waals surface area contributed by atoms with Crippen LogP contribution in [0.1, 0.15) is 10.5 Å². The Morgan fingerprint density at radius 1 is 1.90 bits per heavy atom. The van der Waals surface area contributed by atoms with Gasteiger partial charge in [0.2, 0.25) is 0 Å². The van der Waals surface area contributed by atoms with E-state index < -0.39 is 5.97 Å². The number of halogens is 1. The number of aromatic carboxylic acids is 1. The Kier molecular flexibility index (Phi) is 1.76. The number of carbonyl (C=O) groups is 1. The van der Waals surface area contributed by atoms with Crippen molar-refractivity contribution in [3.63, 3.8) is 0 Å². The van der Waals surface area contributed by atoms with Crippen molar-refractivity contribution in [3.05, 3.63) is 16.4 Å². The molecule has 0 radical (unpaired) electrons. The van der Waals surface area contributed by atoms with Gasteiger partial charge in [0.05, 0.1) is 22.3 Å². The van der Waals surface area contributed by atoms with Crippen LogP contribution in [0.25, 0.3) is 0 Å². The van der Waals surface area contributed by atoms with Crippen molar-refractivity contribution in [3.8, 4) is 0 Å². The van der Waals surface area contributed by atoms with E-state index in [4.69, 9.17) is 0 Å².